The molecule has 0 radical (unpaired) electrons. The lowest BCUT2D eigenvalue weighted by atomic mass is 10.1. The molecule has 0 atom stereocenters. The molecule has 0 heterocycles. The molecule has 0 aliphatic carbocycles. The van der Waals surface area contributed by atoms with Crippen LogP contribution >= 0.6 is 27.5 Å². The molecule has 7 heteroatoms. The molecule has 3 N–H and O–H groups in total. The zero-order valence-electron chi connectivity index (χ0n) is 13.4. The Morgan fingerprint density at radius 3 is 2.40 bits per heavy atom. The second-order valence-electron chi connectivity index (χ2n) is 5.19. The van der Waals surface area contributed by atoms with Crippen LogP contribution in [0.3, 0.4) is 0 Å². The van der Waals surface area contributed by atoms with Gasteiger partial charge in [0, 0.05) is 26.3 Å². The average Bonchev–Trinajstić information content (AvgIpc) is 2.59. The topological polar surface area (TPSA) is 81.4 Å². The third kappa shape index (κ3) is 5.34. The largest absolute Gasteiger partial charge is 0.444 e. The predicted octanol–water partition coefficient (Wildman–Crippen LogP) is 4.40. The molecule has 0 bridgehead atoms. The fraction of sp³-hybridized carbons (Fsp3) is 0.111. The second-order valence-corrected chi connectivity index (χ2v) is 6.51. The molecule has 0 unspecified atom stereocenters. The van der Waals surface area contributed by atoms with Crippen molar-refractivity contribution in [2.45, 2.75) is 13.5 Å². The number of benzene rings is 2. The van der Waals surface area contributed by atoms with Gasteiger partial charge in [0.05, 0.1) is 0 Å². The van der Waals surface area contributed by atoms with Crippen LogP contribution in [0.4, 0.5) is 4.79 Å². The van der Waals surface area contributed by atoms with Crippen molar-refractivity contribution < 1.29 is 14.3 Å². The van der Waals surface area contributed by atoms with Gasteiger partial charge in [-0.05, 0) is 37.3 Å². The van der Waals surface area contributed by atoms with Gasteiger partial charge in [0.2, 0.25) is 5.78 Å². The number of amides is 1. The van der Waals surface area contributed by atoms with E-state index >= 15 is 0 Å². The van der Waals surface area contributed by atoms with Crippen LogP contribution in [-0.2, 0) is 11.3 Å². The summed E-state index contributed by atoms with van der Waals surface area (Å²) in [6.45, 7) is 1.51. The molecule has 130 valence electrons. The van der Waals surface area contributed by atoms with Crippen LogP contribution in [-0.4, -0.2) is 11.9 Å². The highest BCUT2D eigenvalue weighted by Gasteiger charge is 2.18. The van der Waals surface area contributed by atoms with Gasteiger partial charge in [-0.2, -0.15) is 0 Å². The molecule has 0 saturated heterocycles. The third-order valence-electron chi connectivity index (χ3n) is 3.27. The molecule has 2 aromatic rings. The molecule has 0 spiro atoms. The number of hydrogen-bond donors (Lipinski definition) is 2. The number of alkyl carbamates (subject to hydrolysis) is 1. The van der Waals surface area contributed by atoms with Crippen LogP contribution in [0, 0.1) is 0 Å². The lowest BCUT2D eigenvalue weighted by molar-refractivity contribution is 0.101. The Hall–Kier alpha value is -2.31. The van der Waals surface area contributed by atoms with E-state index in [2.05, 4.69) is 21.2 Å². The zero-order chi connectivity index (χ0) is 18.4. The Balaban J connectivity index is 2.05. The Morgan fingerprint density at radius 1 is 1.16 bits per heavy atom. The molecule has 25 heavy (non-hydrogen) atoms. The van der Waals surface area contributed by atoms with Gasteiger partial charge in [0.25, 0.3) is 0 Å². The second kappa shape index (κ2) is 8.69. The number of carbonyl (C=O) groups excluding carboxylic acids is 2. The summed E-state index contributed by atoms with van der Waals surface area (Å²) in [5.41, 5.74) is 6.96. The Bertz CT molecular complexity index is 815. The highest BCUT2D eigenvalue weighted by molar-refractivity contribution is 9.10. The predicted molar refractivity (Wildman–Crippen MR) is 100 cm³/mol. The molecule has 0 aliphatic heterocycles. The van der Waals surface area contributed by atoms with Gasteiger partial charge in [-0.1, -0.05) is 45.7 Å². The molecule has 0 fully saturated rings. The first-order valence-corrected chi connectivity index (χ1v) is 8.49. The van der Waals surface area contributed by atoms with Gasteiger partial charge in [0.1, 0.15) is 12.3 Å². The maximum atomic E-state index is 12.5. The lowest BCUT2D eigenvalue weighted by Crippen LogP contribution is -2.30. The summed E-state index contributed by atoms with van der Waals surface area (Å²) in [4.78, 5) is 24.5. The van der Waals surface area contributed by atoms with E-state index < -0.39 is 11.9 Å². The number of ketones is 1. The van der Waals surface area contributed by atoms with Crippen molar-refractivity contribution >= 4 is 39.4 Å². The summed E-state index contributed by atoms with van der Waals surface area (Å²) in [6, 6.07) is 13.7. The van der Waals surface area contributed by atoms with E-state index in [0.29, 0.717) is 16.1 Å². The number of nitrogens with two attached hydrogens (primary N) is 1. The molecular formula is C18H16BrClN2O3. The smallest absolute Gasteiger partial charge is 0.412 e. The maximum Gasteiger partial charge on any atom is 0.412 e. The van der Waals surface area contributed by atoms with Crippen molar-refractivity contribution in [3.8, 4) is 0 Å². The minimum atomic E-state index is -0.787. The summed E-state index contributed by atoms with van der Waals surface area (Å²) < 4.78 is 5.95. The Morgan fingerprint density at radius 2 is 1.80 bits per heavy atom. The van der Waals surface area contributed by atoms with Crippen LogP contribution in [0.2, 0.25) is 5.02 Å². The quantitative estimate of drug-likeness (QED) is 0.551. The molecule has 0 aliphatic rings. The SMILES string of the molecule is CC(N)=C(NC(=O)OCc1ccccc1Cl)C(=O)c1ccc(Br)cc1. The van der Waals surface area contributed by atoms with E-state index in [9.17, 15) is 9.59 Å². The minimum Gasteiger partial charge on any atom is -0.444 e. The standard InChI is InChI=1S/C18H16BrClN2O3/c1-11(21)16(17(23)12-6-8-14(19)9-7-12)22-18(24)25-10-13-4-2-3-5-15(13)20/h2-9H,10,21H2,1H3,(H,22,24). The van der Waals surface area contributed by atoms with Gasteiger partial charge in [-0.3, -0.25) is 10.1 Å². The van der Waals surface area contributed by atoms with E-state index in [-0.39, 0.29) is 18.0 Å². The summed E-state index contributed by atoms with van der Waals surface area (Å²) in [5.74, 6) is -0.401. The van der Waals surface area contributed by atoms with Crippen molar-refractivity contribution in [1.29, 1.82) is 0 Å². The van der Waals surface area contributed by atoms with Crippen LogP contribution in [0.5, 0.6) is 0 Å². The van der Waals surface area contributed by atoms with Crippen LogP contribution < -0.4 is 11.1 Å². The van der Waals surface area contributed by atoms with E-state index in [4.69, 9.17) is 22.1 Å². The van der Waals surface area contributed by atoms with Crippen molar-refractivity contribution in [2.75, 3.05) is 0 Å². The zero-order valence-corrected chi connectivity index (χ0v) is 15.7. The van der Waals surface area contributed by atoms with Crippen molar-refractivity contribution in [1.82, 2.24) is 5.32 Å². The summed E-state index contributed by atoms with van der Waals surface area (Å²) in [5, 5.41) is 2.90. The Labute approximate surface area is 158 Å². The highest BCUT2D eigenvalue weighted by atomic mass is 79.9. The van der Waals surface area contributed by atoms with Gasteiger partial charge >= 0.3 is 6.09 Å². The average molecular weight is 424 g/mol. The molecule has 2 aromatic carbocycles. The van der Waals surface area contributed by atoms with Crippen LogP contribution in [0.15, 0.2) is 64.4 Å². The first-order valence-electron chi connectivity index (χ1n) is 7.32. The van der Waals surface area contributed by atoms with Crippen molar-refractivity contribution in [3.05, 3.63) is 80.5 Å². The van der Waals surface area contributed by atoms with E-state index in [1.807, 2.05) is 0 Å². The van der Waals surface area contributed by atoms with Crippen LogP contribution in [0.1, 0.15) is 22.8 Å². The number of halogens is 2. The molecule has 2 rings (SSSR count). The molecular weight excluding hydrogens is 408 g/mol. The van der Waals surface area contributed by atoms with Gasteiger partial charge in [-0.15, -0.1) is 0 Å². The monoisotopic (exact) mass is 422 g/mol. The normalized spacial score (nSPS) is 11.5. The summed E-state index contributed by atoms with van der Waals surface area (Å²) >= 11 is 9.31. The fourth-order valence-corrected chi connectivity index (χ4v) is 2.43. The number of nitrogens with one attached hydrogen (secondary N) is 1. The third-order valence-corrected chi connectivity index (χ3v) is 4.17. The van der Waals surface area contributed by atoms with Crippen molar-refractivity contribution in [2.24, 2.45) is 5.73 Å². The number of allylic oxidation sites excluding steroid dienone is 2. The lowest BCUT2D eigenvalue weighted by Gasteiger charge is -2.12. The molecule has 0 saturated carbocycles. The van der Waals surface area contributed by atoms with Crippen molar-refractivity contribution in [3.63, 3.8) is 0 Å². The van der Waals surface area contributed by atoms with E-state index in [0.717, 1.165) is 4.47 Å². The number of rotatable bonds is 5. The first-order chi connectivity index (χ1) is 11.9. The maximum absolute atomic E-state index is 12.5. The number of hydrogen-bond acceptors (Lipinski definition) is 4. The van der Waals surface area contributed by atoms with E-state index in [1.54, 1.807) is 48.5 Å². The Kier molecular flexibility index (Phi) is 6.61. The highest BCUT2D eigenvalue weighted by Crippen LogP contribution is 2.16. The number of Topliss-reactive ketones (excluding diaryl/α,β-unsaturated/α-hetero) is 1. The van der Waals surface area contributed by atoms with Gasteiger partial charge < -0.3 is 10.5 Å². The molecule has 5 nitrogen and oxygen atoms in total. The summed E-state index contributed by atoms with van der Waals surface area (Å²) in [6.07, 6.45) is -0.787. The summed E-state index contributed by atoms with van der Waals surface area (Å²) in [7, 11) is 0. The number of ether oxygens (including phenoxy) is 1. The number of carbonyl (C=O) groups is 2. The van der Waals surface area contributed by atoms with Gasteiger partial charge in [-0.25, -0.2) is 4.79 Å². The van der Waals surface area contributed by atoms with Gasteiger partial charge in [0.15, 0.2) is 0 Å². The molecule has 1 amide bonds. The fourth-order valence-electron chi connectivity index (χ4n) is 1.98. The minimum absolute atomic E-state index is 0.0190. The van der Waals surface area contributed by atoms with Crippen LogP contribution in [0.25, 0.3) is 0 Å². The van der Waals surface area contributed by atoms with E-state index in [1.165, 1.54) is 6.92 Å². The first kappa shape index (κ1) is 19.0. The molecule has 0 aromatic heterocycles.